The number of thiocarbonyl (C=S) groups is 1. The van der Waals surface area contributed by atoms with Crippen molar-refractivity contribution in [3.8, 4) is 0 Å². The van der Waals surface area contributed by atoms with Crippen LogP contribution in [0.2, 0.25) is 0 Å². The average Bonchev–Trinajstić information content (AvgIpc) is 2.29. The summed E-state index contributed by atoms with van der Waals surface area (Å²) in [6.45, 7) is 4.97. The Morgan fingerprint density at radius 2 is 2.19 bits per heavy atom. The highest BCUT2D eigenvalue weighted by Gasteiger charge is 2.30. The van der Waals surface area contributed by atoms with Gasteiger partial charge in [0, 0.05) is 12.6 Å². The maximum Gasteiger partial charge on any atom is 0.232 e. The van der Waals surface area contributed by atoms with Crippen LogP contribution in [-0.4, -0.2) is 28.4 Å². The fourth-order valence-corrected chi connectivity index (χ4v) is 2.68. The van der Waals surface area contributed by atoms with Crippen LogP contribution >= 0.6 is 12.2 Å². The van der Waals surface area contributed by atoms with Crippen molar-refractivity contribution < 1.29 is 4.79 Å². The van der Waals surface area contributed by atoms with Crippen molar-refractivity contribution in [3.05, 3.63) is 0 Å². The molecule has 1 rings (SSSR count). The standard InChI is InChI=1S/C12H22N2OS/c1-3-9-7-5-6-8-14(9)12(15)10(4-2)11(13)16/h9-10H,3-8H2,1-2H3,(H2,13,16). The number of carbonyl (C=O) groups excluding carboxylic acids is 1. The Bertz CT molecular complexity index is 268. The molecule has 1 aliphatic rings. The molecule has 2 N–H and O–H groups in total. The summed E-state index contributed by atoms with van der Waals surface area (Å²) in [6.07, 6.45) is 5.19. The van der Waals surface area contributed by atoms with Gasteiger partial charge in [0.25, 0.3) is 0 Å². The minimum Gasteiger partial charge on any atom is -0.393 e. The normalized spacial score (nSPS) is 22.9. The van der Waals surface area contributed by atoms with Gasteiger partial charge in [-0.3, -0.25) is 4.79 Å². The average molecular weight is 242 g/mol. The van der Waals surface area contributed by atoms with Gasteiger partial charge in [0.05, 0.1) is 10.9 Å². The minimum absolute atomic E-state index is 0.140. The molecule has 16 heavy (non-hydrogen) atoms. The Kier molecular flexibility index (Phi) is 5.19. The van der Waals surface area contributed by atoms with Gasteiger partial charge in [-0.25, -0.2) is 0 Å². The Morgan fingerprint density at radius 1 is 1.50 bits per heavy atom. The molecule has 1 heterocycles. The molecular formula is C12H22N2OS. The van der Waals surface area contributed by atoms with Crippen LogP contribution < -0.4 is 5.73 Å². The number of nitrogens with two attached hydrogens (primary N) is 1. The highest BCUT2D eigenvalue weighted by molar-refractivity contribution is 7.80. The predicted octanol–water partition coefficient (Wildman–Crippen LogP) is 2.09. The number of nitrogens with zero attached hydrogens (tertiary/aromatic N) is 1. The molecule has 1 saturated heterocycles. The van der Waals surface area contributed by atoms with Crippen LogP contribution in [0.4, 0.5) is 0 Å². The second-order valence-electron chi connectivity index (χ2n) is 4.45. The first kappa shape index (κ1) is 13.4. The number of piperidine rings is 1. The van der Waals surface area contributed by atoms with E-state index in [1.807, 2.05) is 11.8 Å². The van der Waals surface area contributed by atoms with Crippen LogP contribution in [0.3, 0.4) is 0 Å². The van der Waals surface area contributed by atoms with E-state index in [9.17, 15) is 4.79 Å². The summed E-state index contributed by atoms with van der Waals surface area (Å²) in [6, 6.07) is 0.393. The van der Waals surface area contributed by atoms with E-state index in [4.69, 9.17) is 18.0 Å². The van der Waals surface area contributed by atoms with Crippen molar-refractivity contribution in [2.45, 2.75) is 52.0 Å². The van der Waals surface area contributed by atoms with Gasteiger partial charge >= 0.3 is 0 Å². The Labute approximate surface area is 103 Å². The molecular weight excluding hydrogens is 220 g/mol. The summed E-state index contributed by atoms with van der Waals surface area (Å²) in [7, 11) is 0. The summed E-state index contributed by atoms with van der Waals surface area (Å²) in [5.41, 5.74) is 5.63. The molecule has 0 saturated carbocycles. The SMILES string of the molecule is CCC(C(=O)N1CCCCC1CC)C(N)=S. The fourth-order valence-electron chi connectivity index (χ4n) is 2.41. The number of carbonyl (C=O) groups is 1. The van der Waals surface area contributed by atoms with Crippen molar-refractivity contribution in [2.24, 2.45) is 11.7 Å². The van der Waals surface area contributed by atoms with Crippen molar-refractivity contribution in [1.82, 2.24) is 4.90 Å². The molecule has 3 nitrogen and oxygen atoms in total. The zero-order valence-electron chi connectivity index (χ0n) is 10.2. The first-order chi connectivity index (χ1) is 7.61. The Balaban J connectivity index is 2.73. The fraction of sp³-hybridized carbons (Fsp3) is 0.833. The topological polar surface area (TPSA) is 46.3 Å². The van der Waals surface area contributed by atoms with Gasteiger partial charge in [-0.2, -0.15) is 0 Å². The first-order valence-electron chi connectivity index (χ1n) is 6.21. The number of hydrogen-bond donors (Lipinski definition) is 1. The van der Waals surface area contributed by atoms with Crippen molar-refractivity contribution in [2.75, 3.05) is 6.54 Å². The van der Waals surface area contributed by atoms with E-state index in [1.165, 1.54) is 6.42 Å². The van der Waals surface area contributed by atoms with Crippen molar-refractivity contribution in [1.29, 1.82) is 0 Å². The maximum atomic E-state index is 12.3. The molecule has 2 unspecified atom stereocenters. The second kappa shape index (κ2) is 6.18. The van der Waals surface area contributed by atoms with E-state index in [0.717, 1.165) is 25.8 Å². The van der Waals surface area contributed by atoms with E-state index < -0.39 is 0 Å². The van der Waals surface area contributed by atoms with Gasteiger partial charge in [0.2, 0.25) is 5.91 Å². The van der Waals surface area contributed by atoms with E-state index in [2.05, 4.69) is 6.92 Å². The lowest BCUT2D eigenvalue weighted by Crippen LogP contribution is -2.48. The third-order valence-corrected chi connectivity index (χ3v) is 3.72. The molecule has 0 bridgehead atoms. The highest BCUT2D eigenvalue weighted by Crippen LogP contribution is 2.22. The molecule has 0 aromatic rings. The number of amides is 1. The Hall–Kier alpha value is -0.640. The summed E-state index contributed by atoms with van der Waals surface area (Å²) in [5.74, 6) is -0.122. The van der Waals surface area contributed by atoms with Crippen molar-refractivity contribution >= 4 is 23.1 Å². The summed E-state index contributed by atoms with van der Waals surface area (Å²) in [5, 5.41) is 0. The molecule has 1 amide bonds. The highest BCUT2D eigenvalue weighted by atomic mass is 32.1. The minimum atomic E-state index is -0.262. The molecule has 1 aliphatic heterocycles. The third kappa shape index (κ3) is 2.94. The molecule has 0 radical (unpaired) electrons. The van der Waals surface area contributed by atoms with E-state index in [-0.39, 0.29) is 11.8 Å². The lowest BCUT2D eigenvalue weighted by Gasteiger charge is -2.37. The summed E-state index contributed by atoms with van der Waals surface area (Å²) >= 11 is 4.97. The lowest BCUT2D eigenvalue weighted by molar-refractivity contribution is -0.137. The maximum absolute atomic E-state index is 12.3. The van der Waals surface area contributed by atoms with Gasteiger partial charge in [0.15, 0.2) is 0 Å². The van der Waals surface area contributed by atoms with Crippen LogP contribution in [0.1, 0.15) is 46.0 Å². The van der Waals surface area contributed by atoms with E-state index in [0.29, 0.717) is 17.5 Å². The first-order valence-corrected chi connectivity index (χ1v) is 6.62. The third-order valence-electron chi connectivity index (χ3n) is 3.43. The molecule has 4 heteroatoms. The van der Waals surface area contributed by atoms with Crippen LogP contribution in [0.5, 0.6) is 0 Å². The number of hydrogen-bond acceptors (Lipinski definition) is 2. The van der Waals surface area contributed by atoms with Gasteiger partial charge in [-0.05, 0) is 32.1 Å². The molecule has 92 valence electrons. The van der Waals surface area contributed by atoms with Gasteiger partial charge < -0.3 is 10.6 Å². The van der Waals surface area contributed by atoms with Gasteiger partial charge in [-0.1, -0.05) is 26.1 Å². The van der Waals surface area contributed by atoms with Crippen LogP contribution in [-0.2, 0) is 4.79 Å². The molecule has 0 aromatic carbocycles. The molecule has 0 aliphatic carbocycles. The van der Waals surface area contributed by atoms with E-state index in [1.54, 1.807) is 0 Å². The van der Waals surface area contributed by atoms with Crippen LogP contribution in [0.25, 0.3) is 0 Å². The number of rotatable bonds is 4. The lowest BCUT2D eigenvalue weighted by atomic mass is 9.96. The molecule has 0 aromatic heterocycles. The van der Waals surface area contributed by atoms with Gasteiger partial charge in [-0.15, -0.1) is 0 Å². The predicted molar refractivity (Wildman–Crippen MR) is 70.2 cm³/mol. The van der Waals surface area contributed by atoms with E-state index >= 15 is 0 Å². The number of likely N-dealkylation sites (tertiary alicyclic amines) is 1. The van der Waals surface area contributed by atoms with Crippen molar-refractivity contribution in [3.63, 3.8) is 0 Å². The summed E-state index contributed by atoms with van der Waals surface area (Å²) < 4.78 is 0. The van der Waals surface area contributed by atoms with Crippen LogP contribution in [0, 0.1) is 5.92 Å². The zero-order valence-corrected chi connectivity index (χ0v) is 11.1. The largest absolute Gasteiger partial charge is 0.393 e. The quantitative estimate of drug-likeness (QED) is 0.768. The zero-order chi connectivity index (χ0) is 12.1. The van der Waals surface area contributed by atoms with Gasteiger partial charge in [0.1, 0.15) is 0 Å². The second-order valence-corrected chi connectivity index (χ2v) is 4.92. The Morgan fingerprint density at radius 3 is 2.69 bits per heavy atom. The smallest absolute Gasteiger partial charge is 0.232 e. The van der Waals surface area contributed by atoms with Crippen LogP contribution in [0.15, 0.2) is 0 Å². The molecule has 0 spiro atoms. The molecule has 1 fully saturated rings. The monoisotopic (exact) mass is 242 g/mol. The summed E-state index contributed by atoms with van der Waals surface area (Å²) in [4.78, 5) is 14.6. The molecule has 2 atom stereocenters.